The van der Waals surface area contributed by atoms with Crippen molar-refractivity contribution in [3.63, 3.8) is 0 Å². The summed E-state index contributed by atoms with van der Waals surface area (Å²) in [6.45, 7) is 1.28. The fourth-order valence-corrected chi connectivity index (χ4v) is 3.84. The zero-order valence-corrected chi connectivity index (χ0v) is 16.8. The maximum atomic E-state index is 13.8. The fourth-order valence-electron chi connectivity index (χ4n) is 2.53. The lowest BCUT2D eigenvalue weighted by atomic mass is 10.2. The molecule has 3 rings (SSSR count). The van der Waals surface area contributed by atoms with Crippen molar-refractivity contribution in [1.29, 1.82) is 0 Å². The number of aromatic nitrogens is 3. The van der Waals surface area contributed by atoms with Crippen LogP contribution in [-0.4, -0.2) is 29.3 Å². The first kappa shape index (κ1) is 22.6. The largest absolute Gasteiger partial charge is 0.416 e. The third-order valence-corrected chi connectivity index (χ3v) is 5.67. The fraction of sp³-hybridized carbons (Fsp3) is 0.118. The average molecular weight is 481 g/mol. The first-order valence-corrected chi connectivity index (χ1v) is 9.99. The van der Waals surface area contributed by atoms with Crippen LogP contribution in [0.4, 0.5) is 22.0 Å². The van der Waals surface area contributed by atoms with Gasteiger partial charge in [0, 0.05) is 0 Å². The Morgan fingerprint density at radius 3 is 2.42 bits per heavy atom. The predicted octanol–water partition coefficient (Wildman–Crippen LogP) is 3.64. The number of hydrogen-bond acceptors (Lipinski definition) is 5. The van der Waals surface area contributed by atoms with Crippen molar-refractivity contribution in [2.24, 2.45) is 0 Å². The minimum absolute atomic E-state index is 0.0576. The van der Waals surface area contributed by atoms with E-state index >= 15 is 0 Å². The van der Waals surface area contributed by atoms with Crippen molar-refractivity contribution in [1.82, 2.24) is 19.7 Å². The normalized spacial score (nSPS) is 12.1. The Kier molecular flexibility index (Phi) is 5.76. The highest BCUT2D eigenvalue weighted by Crippen LogP contribution is 2.33. The van der Waals surface area contributed by atoms with Gasteiger partial charge in [0.25, 0.3) is 15.9 Å². The van der Waals surface area contributed by atoms with E-state index in [-0.39, 0.29) is 16.4 Å². The molecule has 0 fully saturated rings. The lowest BCUT2D eigenvalue weighted by Gasteiger charge is -2.11. The highest BCUT2D eigenvalue weighted by Gasteiger charge is 2.31. The molecular weight excluding hydrogens is 471 g/mol. The van der Waals surface area contributed by atoms with Crippen LogP contribution in [0.2, 0.25) is 5.02 Å². The standard InChI is InChI=1S/C17H10ClF5N4O3S/c1-8-15(16(28)25-31(29,30)14-7-10(19)3-4-12(14)20)24-26-27(8)13-5-2-9(6-11(13)18)17(21,22)23/h2-7H,1H3,(H,25,28). The number of nitrogens with one attached hydrogen (secondary N) is 1. The maximum absolute atomic E-state index is 13.8. The van der Waals surface area contributed by atoms with Crippen molar-refractivity contribution in [3.05, 3.63) is 70.0 Å². The van der Waals surface area contributed by atoms with Gasteiger partial charge in [0.1, 0.15) is 16.5 Å². The van der Waals surface area contributed by atoms with Gasteiger partial charge in [0.2, 0.25) is 0 Å². The number of benzene rings is 2. The summed E-state index contributed by atoms with van der Waals surface area (Å²) in [5.74, 6) is -3.66. The van der Waals surface area contributed by atoms with Gasteiger partial charge in [-0.3, -0.25) is 4.79 Å². The number of carbonyl (C=O) groups is 1. The molecule has 1 N–H and O–H groups in total. The smallest absolute Gasteiger partial charge is 0.266 e. The molecule has 0 aliphatic rings. The number of sulfonamides is 1. The molecule has 0 aliphatic carbocycles. The van der Waals surface area contributed by atoms with Crippen LogP contribution < -0.4 is 4.72 Å². The van der Waals surface area contributed by atoms with Gasteiger partial charge in [0.15, 0.2) is 5.69 Å². The Balaban J connectivity index is 1.93. The second-order valence-corrected chi connectivity index (χ2v) is 8.17. The lowest BCUT2D eigenvalue weighted by molar-refractivity contribution is -0.137. The molecule has 0 saturated heterocycles. The summed E-state index contributed by atoms with van der Waals surface area (Å²) in [5.41, 5.74) is -1.68. The zero-order valence-electron chi connectivity index (χ0n) is 15.2. The molecule has 1 heterocycles. The van der Waals surface area contributed by atoms with Gasteiger partial charge in [-0.2, -0.15) is 13.2 Å². The molecule has 164 valence electrons. The summed E-state index contributed by atoms with van der Waals surface area (Å²) in [7, 11) is -4.81. The van der Waals surface area contributed by atoms with Gasteiger partial charge < -0.3 is 0 Å². The SMILES string of the molecule is Cc1c(C(=O)NS(=O)(=O)c2cc(F)ccc2F)nnn1-c1ccc(C(F)(F)F)cc1Cl. The molecule has 7 nitrogen and oxygen atoms in total. The van der Waals surface area contributed by atoms with Gasteiger partial charge in [-0.15, -0.1) is 5.10 Å². The van der Waals surface area contributed by atoms with Crippen LogP contribution in [0.15, 0.2) is 41.3 Å². The number of rotatable bonds is 4. The van der Waals surface area contributed by atoms with Crippen molar-refractivity contribution in [2.45, 2.75) is 18.0 Å². The van der Waals surface area contributed by atoms with Crippen LogP contribution in [0.3, 0.4) is 0 Å². The number of hydrogen-bond donors (Lipinski definition) is 1. The number of alkyl halides is 3. The summed E-state index contributed by atoms with van der Waals surface area (Å²) in [5, 5.41) is 6.76. The van der Waals surface area contributed by atoms with E-state index in [4.69, 9.17) is 11.6 Å². The van der Waals surface area contributed by atoms with E-state index < -0.39 is 49.9 Å². The molecule has 0 radical (unpaired) electrons. The molecule has 2 aromatic carbocycles. The molecule has 0 spiro atoms. The van der Waals surface area contributed by atoms with Crippen LogP contribution >= 0.6 is 11.6 Å². The topological polar surface area (TPSA) is 93.9 Å². The highest BCUT2D eigenvalue weighted by atomic mass is 35.5. The minimum atomic E-state index is -4.81. The number of halogens is 6. The molecule has 1 amide bonds. The first-order chi connectivity index (χ1) is 14.3. The molecule has 0 unspecified atom stereocenters. The van der Waals surface area contributed by atoms with E-state index in [2.05, 4.69) is 10.3 Å². The summed E-state index contributed by atoms with van der Waals surface area (Å²) in [6.07, 6.45) is -4.63. The number of amides is 1. The van der Waals surface area contributed by atoms with Gasteiger partial charge >= 0.3 is 6.18 Å². The second kappa shape index (κ2) is 7.89. The van der Waals surface area contributed by atoms with Crippen LogP contribution in [-0.2, 0) is 16.2 Å². The van der Waals surface area contributed by atoms with Crippen LogP contribution in [0.5, 0.6) is 0 Å². The minimum Gasteiger partial charge on any atom is -0.266 e. The number of nitrogens with zero attached hydrogens (tertiary/aromatic N) is 3. The lowest BCUT2D eigenvalue weighted by Crippen LogP contribution is -2.32. The van der Waals surface area contributed by atoms with Crippen molar-refractivity contribution >= 4 is 27.5 Å². The van der Waals surface area contributed by atoms with E-state index in [0.717, 1.165) is 16.8 Å². The van der Waals surface area contributed by atoms with E-state index in [0.29, 0.717) is 24.3 Å². The van der Waals surface area contributed by atoms with Gasteiger partial charge in [-0.1, -0.05) is 16.8 Å². The Morgan fingerprint density at radius 2 is 1.81 bits per heavy atom. The molecule has 0 bridgehead atoms. The number of carbonyl (C=O) groups excluding carboxylic acids is 1. The maximum Gasteiger partial charge on any atom is 0.416 e. The Labute approximate surface area is 176 Å². The predicted molar refractivity (Wildman–Crippen MR) is 97.1 cm³/mol. The molecule has 1 aromatic heterocycles. The van der Waals surface area contributed by atoms with Crippen LogP contribution in [0.1, 0.15) is 21.7 Å². The molecule has 0 aliphatic heterocycles. The summed E-state index contributed by atoms with van der Waals surface area (Å²) in [6, 6.07) is 4.03. The van der Waals surface area contributed by atoms with Crippen molar-refractivity contribution in [3.8, 4) is 5.69 Å². The second-order valence-electron chi connectivity index (χ2n) is 6.11. The van der Waals surface area contributed by atoms with Crippen molar-refractivity contribution in [2.75, 3.05) is 0 Å². The molecule has 14 heteroatoms. The Morgan fingerprint density at radius 1 is 1.13 bits per heavy atom. The van der Waals surface area contributed by atoms with Gasteiger partial charge in [0.05, 0.1) is 22.0 Å². The quantitative estimate of drug-likeness (QED) is 0.575. The average Bonchev–Trinajstić information content (AvgIpc) is 3.04. The van der Waals surface area contributed by atoms with Crippen molar-refractivity contribution < 1.29 is 35.2 Å². The van der Waals surface area contributed by atoms with Gasteiger partial charge in [-0.25, -0.2) is 26.6 Å². The van der Waals surface area contributed by atoms with E-state index in [1.54, 1.807) is 0 Å². The molecular formula is C17H10ClF5N4O3S. The van der Waals surface area contributed by atoms with E-state index in [1.165, 1.54) is 11.6 Å². The first-order valence-electron chi connectivity index (χ1n) is 8.13. The van der Waals surface area contributed by atoms with E-state index in [9.17, 15) is 35.2 Å². The molecule has 0 atom stereocenters. The summed E-state index contributed by atoms with van der Waals surface area (Å²) < 4.78 is 92.3. The van der Waals surface area contributed by atoms with E-state index in [1.807, 2.05) is 0 Å². The summed E-state index contributed by atoms with van der Waals surface area (Å²) in [4.78, 5) is 11.3. The highest BCUT2D eigenvalue weighted by molar-refractivity contribution is 7.90. The third kappa shape index (κ3) is 4.51. The van der Waals surface area contributed by atoms with Crippen LogP contribution in [0, 0.1) is 18.6 Å². The molecule has 3 aromatic rings. The van der Waals surface area contributed by atoms with Gasteiger partial charge in [-0.05, 0) is 43.3 Å². The Hall–Kier alpha value is -3.06. The Bertz CT molecular complexity index is 1290. The third-order valence-electron chi connectivity index (χ3n) is 4.02. The van der Waals surface area contributed by atoms with Crippen LogP contribution in [0.25, 0.3) is 5.69 Å². The molecule has 31 heavy (non-hydrogen) atoms. The summed E-state index contributed by atoms with van der Waals surface area (Å²) >= 11 is 5.89. The monoisotopic (exact) mass is 480 g/mol. The zero-order chi connectivity index (χ0) is 23.1. The molecule has 0 saturated carbocycles.